The summed E-state index contributed by atoms with van der Waals surface area (Å²) in [6.45, 7) is 0.383. The predicted octanol–water partition coefficient (Wildman–Crippen LogP) is 0.787. The van der Waals surface area contributed by atoms with Crippen molar-refractivity contribution < 1.29 is 4.79 Å². The van der Waals surface area contributed by atoms with Crippen LogP contribution in [-0.2, 0) is 13.6 Å². The lowest BCUT2D eigenvalue weighted by atomic mass is 10.3. The van der Waals surface area contributed by atoms with E-state index in [0.717, 1.165) is 11.5 Å². The molecule has 1 amide bonds. The lowest BCUT2D eigenvalue weighted by Crippen LogP contribution is -2.25. The minimum absolute atomic E-state index is 0.213. The molecule has 0 aliphatic heterocycles. The maximum absolute atomic E-state index is 11.9. The minimum Gasteiger partial charge on any atom is -0.388 e. The molecule has 0 saturated heterocycles. The van der Waals surface area contributed by atoms with Crippen molar-refractivity contribution in [1.82, 2.24) is 19.9 Å². The van der Waals surface area contributed by atoms with E-state index in [-0.39, 0.29) is 5.91 Å². The van der Waals surface area contributed by atoms with Crippen molar-refractivity contribution in [1.29, 1.82) is 0 Å². The molecule has 0 spiro atoms. The van der Waals surface area contributed by atoms with Gasteiger partial charge in [-0.3, -0.25) is 9.78 Å². The summed E-state index contributed by atoms with van der Waals surface area (Å²) in [5.74, 6) is 0.586. The lowest BCUT2D eigenvalue weighted by Gasteiger charge is -2.06. The summed E-state index contributed by atoms with van der Waals surface area (Å²) < 4.78 is 1.86. The van der Waals surface area contributed by atoms with Gasteiger partial charge in [0.05, 0.1) is 6.54 Å². The average molecular weight is 245 g/mol. The Morgan fingerprint density at radius 1 is 1.39 bits per heavy atom. The molecule has 2 rings (SSSR count). The highest BCUT2D eigenvalue weighted by Crippen LogP contribution is 2.06. The third-order valence-electron chi connectivity index (χ3n) is 2.61. The summed E-state index contributed by atoms with van der Waals surface area (Å²) in [4.78, 5) is 20.0. The molecule has 94 valence electrons. The van der Waals surface area contributed by atoms with Crippen LogP contribution in [0, 0.1) is 0 Å². The van der Waals surface area contributed by atoms with Gasteiger partial charge in [0.25, 0.3) is 5.91 Å². The van der Waals surface area contributed by atoms with E-state index in [1.807, 2.05) is 17.8 Å². The van der Waals surface area contributed by atoms with Gasteiger partial charge in [-0.05, 0) is 12.1 Å². The summed E-state index contributed by atoms with van der Waals surface area (Å²) in [5.41, 5.74) is 1.24. The SMILES string of the molecule is CNc1ccnc(C(=O)NCc2nccn2C)c1. The Hall–Kier alpha value is -2.37. The largest absolute Gasteiger partial charge is 0.388 e. The Morgan fingerprint density at radius 3 is 2.89 bits per heavy atom. The molecule has 0 aromatic carbocycles. The van der Waals surface area contributed by atoms with E-state index in [2.05, 4.69) is 20.6 Å². The number of nitrogens with zero attached hydrogens (tertiary/aromatic N) is 3. The highest BCUT2D eigenvalue weighted by Gasteiger charge is 2.08. The number of carbonyl (C=O) groups is 1. The second-order valence-electron chi connectivity index (χ2n) is 3.82. The van der Waals surface area contributed by atoms with Crippen molar-refractivity contribution in [2.45, 2.75) is 6.54 Å². The number of anilines is 1. The Kier molecular flexibility index (Phi) is 3.57. The average Bonchev–Trinajstić information content (AvgIpc) is 2.81. The number of imidazole rings is 1. The van der Waals surface area contributed by atoms with E-state index >= 15 is 0 Å². The van der Waals surface area contributed by atoms with Gasteiger partial charge in [-0.2, -0.15) is 0 Å². The molecule has 6 nitrogen and oxygen atoms in total. The summed E-state index contributed by atoms with van der Waals surface area (Å²) >= 11 is 0. The quantitative estimate of drug-likeness (QED) is 0.835. The molecule has 0 bridgehead atoms. The first-order valence-corrected chi connectivity index (χ1v) is 5.59. The van der Waals surface area contributed by atoms with E-state index < -0.39 is 0 Å². The van der Waals surface area contributed by atoms with Gasteiger partial charge < -0.3 is 15.2 Å². The van der Waals surface area contributed by atoms with Crippen molar-refractivity contribution in [2.75, 3.05) is 12.4 Å². The molecule has 0 atom stereocenters. The maximum atomic E-state index is 11.9. The van der Waals surface area contributed by atoms with Crippen LogP contribution in [0.25, 0.3) is 0 Å². The standard InChI is InChI=1S/C12H15N5O/c1-13-9-3-4-14-10(7-9)12(18)16-8-11-15-5-6-17(11)2/h3-7H,8H2,1-2H3,(H,13,14)(H,16,18). The minimum atomic E-state index is -0.213. The molecule has 0 aliphatic rings. The van der Waals surface area contributed by atoms with Crippen molar-refractivity contribution >= 4 is 11.6 Å². The van der Waals surface area contributed by atoms with Crippen molar-refractivity contribution in [3.8, 4) is 0 Å². The van der Waals surface area contributed by atoms with E-state index in [9.17, 15) is 4.79 Å². The fraction of sp³-hybridized carbons (Fsp3) is 0.250. The molecule has 0 radical (unpaired) electrons. The number of carbonyl (C=O) groups excluding carboxylic acids is 1. The normalized spacial score (nSPS) is 10.1. The van der Waals surface area contributed by atoms with Crippen LogP contribution in [0.15, 0.2) is 30.7 Å². The zero-order valence-electron chi connectivity index (χ0n) is 10.3. The van der Waals surface area contributed by atoms with Crippen LogP contribution < -0.4 is 10.6 Å². The topological polar surface area (TPSA) is 71.8 Å². The first-order chi connectivity index (χ1) is 8.70. The number of aryl methyl sites for hydroxylation is 1. The molecule has 0 unspecified atom stereocenters. The first-order valence-electron chi connectivity index (χ1n) is 5.59. The van der Waals surface area contributed by atoms with E-state index in [0.29, 0.717) is 12.2 Å². The summed E-state index contributed by atoms with van der Waals surface area (Å²) in [6.07, 6.45) is 5.13. The molecule has 2 heterocycles. The second kappa shape index (κ2) is 5.31. The number of rotatable bonds is 4. The molecule has 2 aromatic rings. The van der Waals surface area contributed by atoms with Gasteiger partial charge in [-0.1, -0.05) is 0 Å². The van der Waals surface area contributed by atoms with Gasteiger partial charge in [0.2, 0.25) is 0 Å². The molecule has 0 aliphatic carbocycles. The predicted molar refractivity (Wildman–Crippen MR) is 68.2 cm³/mol. The zero-order chi connectivity index (χ0) is 13.0. The third-order valence-corrected chi connectivity index (χ3v) is 2.61. The van der Waals surface area contributed by atoms with E-state index in [1.165, 1.54) is 0 Å². The van der Waals surface area contributed by atoms with Gasteiger partial charge in [-0.25, -0.2) is 4.98 Å². The Balaban J connectivity index is 2.01. The van der Waals surface area contributed by atoms with Gasteiger partial charge in [0.1, 0.15) is 11.5 Å². The monoisotopic (exact) mass is 245 g/mol. The van der Waals surface area contributed by atoms with Crippen LogP contribution in [0.2, 0.25) is 0 Å². The maximum Gasteiger partial charge on any atom is 0.270 e. The molecular formula is C12H15N5O. The van der Waals surface area contributed by atoms with Crippen LogP contribution >= 0.6 is 0 Å². The van der Waals surface area contributed by atoms with Gasteiger partial charge in [0.15, 0.2) is 0 Å². The summed E-state index contributed by atoms with van der Waals surface area (Å²) in [7, 11) is 3.68. The highest BCUT2D eigenvalue weighted by atomic mass is 16.1. The lowest BCUT2D eigenvalue weighted by molar-refractivity contribution is 0.0944. The number of aromatic nitrogens is 3. The molecule has 0 saturated carbocycles. The fourth-order valence-corrected chi connectivity index (χ4v) is 1.53. The smallest absolute Gasteiger partial charge is 0.270 e. The highest BCUT2D eigenvalue weighted by molar-refractivity contribution is 5.92. The number of pyridine rings is 1. The van der Waals surface area contributed by atoms with Crippen molar-refractivity contribution in [3.63, 3.8) is 0 Å². The molecule has 2 N–H and O–H groups in total. The van der Waals surface area contributed by atoms with E-state index in [4.69, 9.17) is 0 Å². The number of nitrogens with one attached hydrogen (secondary N) is 2. The third kappa shape index (κ3) is 2.65. The van der Waals surface area contributed by atoms with Crippen LogP contribution in [0.1, 0.15) is 16.3 Å². The Bertz CT molecular complexity index is 549. The molecular weight excluding hydrogens is 230 g/mol. The van der Waals surface area contributed by atoms with Gasteiger partial charge >= 0.3 is 0 Å². The fourth-order valence-electron chi connectivity index (χ4n) is 1.53. The zero-order valence-corrected chi connectivity index (χ0v) is 10.3. The van der Waals surface area contributed by atoms with Crippen LogP contribution in [0.4, 0.5) is 5.69 Å². The van der Waals surface area contributed by atoms with Gasteiger partial charge in [-0.15, -0.1) is 0 Å². The van der Waals surface area contributed by atoms with Crippen LogP contribution in [0.3, 0.4) is 0 Å². The van der Waals surface area contributed by atoms with Crippen molar-refractivity contribution in [2.24, 2.45) is 7.05 Å². The molecule has 6 heteroatoms. The Morgan fingerprint density at radius 2 is 2.22 bits per heavy atom. The number of hydrogen-bond donors (Lipinski definition) is 2. The van der Waals surface area contributed by atoms with Crippen LogP contribution in [0.5, 0.6) is 0 Å². The van der Waals surface area contributed by atoms with Crippen molar-refractivity contribution in [3.05, 3.63) is 42.2 Å². The van der Waals surface area contributed by atoms with Gasteiger partial charge in [0, 0.05) is 38.4 Å². The second-order valence-corrected chi connectivity index (χ2v) is 3.82. The Labute approximate surface area is 105 Å². The summed E-state index contributed by atoms with van der Waals surface area (Å²) in [5, 5.41) is 5.75. The molecule has 2 aromatic heterocycles. The molecule has 18 heavy (non-hydrogen) atoms. The van der Waals surface area contributed by atoms with E-state index in [1.54, 1.807) is 31.6 Å². The number of amides is 1. The first kappa shape index (κ1) is 12.1. The number of hydrogen-bond acceptors (Lipinski definition) is 4. The molecule has 0 fully saturated rings. The van der Waals surface area contributed by atoms with Crippen LogP contribution in [-0.4, -0.2) is 27.5 Å². The summed E-state index contributed by atoms with van der Waals surface area (Å²) in [6, 6.07) is 3.50.